The molecule has 0 unspecified atom stereocenters. The molecule has 0 bridgehead atoms. The second-order valence-electron chi connectivity index (χ2n) is 9.02. The van der Waals surface area contributed by atoms with Gasteiger partial charge in [-0.1, -0.05) is 48.0 Å². The van der Waals surface area contributed by atoms with Crippen LogP contribution in [0.4, 0.5) is 0 Å². The van der Waals surface area contributed by atoms with Crippen LogP contribution in [0.1, 0.15) is 73.6 Å². The summed E-state index contributed by atoms with van der Waals surface area (Å²) in [5, 5.41) is 2.90. The molecule has 0 aromatic rings. The number of thioether (sulfide) groups is 1. The van der Waals surface area contributed by atoms with E-state index in [9.17, 15) is 4.79 Å². The lowest BCUT2D eigenvalue weighted by molar-refractivity contribution is -0.121. The van der Waals surface area contributed by atoms with Crippen LogP contribution in [0.2, 0.25) is 0 Å². The number of hydrogen-bond donors (Lipinski definition) is 1. The summed E-state index contributed by atoms with van der Waals surface area (Å²) in [6.45, 7) is 15.5. The van der Waals surface area contributed by atoms with Crippen molar-refractivity contribution in [1.82, 2.24) is 5.32 Å². The zero-order valence-corrected chi connectivity index (χ0v) is 18.2. The summed E-state index contributed by atoms with van der Waals surface area (Å²) in [5.41, 5.74) is 0.698. The van der Waals surface area contributed by atoms with Crippen LogP contribution >= 0.6 is 11.8 Å². The molecule has 0 saturated heterocycles. The van der Waals surface area contributed by atoms with Gasteiger partial charge in [-0.3, -0.25) is 4.79 Å². The van der Waals surface area contributed by atoms with Crippen LogP contribution in [0.25, 0.3) is 0 Å². The average molecular weight is 376 g/mol. The van der Waals surface area contributed by atoms with E-state index in [4.69, 9.17) is 9.47 Å². The Balaban J connectivity index is 3.29. The molecule has 0 spiro atoms. The molecule has 0 aromatic heterocycles. The summed E-state index contributed by atoms with van der Waals surface area (Å²) in [7, 11) is 0. The molecule has 150 valence electrons. The Morgan fingerprint density at radius 1 is 0.920 bits per heavy atom. The Bertz CT molecular complexity index is 335. The van der Waals surface area contributed by atoms with E-state index in [0.717, 1.165) is 19.3 Å². The van der Waals surface area contributed by atoms with Crippen LogP contribution in [0.5, 0.6) is 0 Å². The molecular formula is C20H41NO3S. The van der Waals surface area contributed by atoms with Gasteiger partial charge in [-0.15, -0.1) is 0 Å². The summed E-state index contributed by atoms with van der Waals surface area (Å²) in [5.74, 6) is 2.52. The lowest BCUT2D eigenvalue weighted by atomic mass is 9.93. The highest BCUT2D eigenvalue weighted by Gasteiger charge is 2.10. The zero-order valence-electron chi connectivity index (χ0n) is 17.4. The van der Waals surface area contributed by atoms with Gasteiger partial charge in [0.15, 0.2) is 0 Å². The molecule has 0 heterocycles. The SMILES string of the molecule is CC(C)(C)CCOCOCCNC(=O)CCCCCSCC(C)(C)C. The van der Waals surface area contributed by atoms with E-state index in [1.54, 1.807) is 0 Å². The molecule has 0 aliphatic rings. The third-order valence-electron chi connectivity index (χ3n) is 3.46. The molecule has 0 fully saturated rings. The van der Waals surface area contributed by atoms with Gasteiger partial charge in [-0.2, -0.15) is 11.8 Å². The molecule has 4 nitrogen and oxygen atoms in total. The molecule has 0 radical (unpaired) electrons. The average Bonchev–Trinajstić information content (AvgIpc) is 2.46. The first-order chi connectivity index (χ1) is 11.6. The fraction of sp³-hybridized carbons (Fsp3) is 0.950. The first kappa shape index (κ1) is 24.7. The van der Waals surface area contributed by atoms with Crippen molar-refractivity contribution in [2.75, 3.05) is 38.1 Å². The number of nitrogens with one attached hydrogen (secondary N) is 1. The summed E-state index contributed by atoms with van der Waals surface area (Å²) in [6.07, 6.45) is 4.93. The molecular weight excluding hydrogens is 334 g/mol. The molecule has 0 aliphatic carbocycles. The second kappa shape index (κ2) is 13.9. The molecule has 0 saturated carbocycles. The van der Waals surface area contributed by atoms with Gasteiger partial charge >= 0.3 is 0 Å². The Hall–Kier alpha value is -0.260. The fourth-order valence-corrected chi connectivity index (χ4v) is 3.12. The number of rotatable bonds is 14. The van der Waals surface area contributed by atoms with Crippen LogP contribution < -0.4 is 5.32 Å². The molecule has 25 heavy (non-hydrogen) atoms. The first-order valence-electron chi connectivity index (χ1n) is 9.60. The minimum absolute atomic E-state index is 0.125. The first-order valence-corrected chi connectivity index (χ1v) is 10.8. The van der Waals surface area contributed by atoms with Gasteiger partial charge in [0.25, 0.3) is 0 Å². The zero-order chi connectivity index (χ0) is 19.2. The normalized spacial score (nSPS) is 12.4. The maximum Gasteiger partial charge on any atom is 0.220 e. The van der Waals surface area contributed by atoms with Gasteiger partial charge in [0.2, 0.25) is 5.91 Å². The molecule has 0 aliphatic heterocycles. The number of ether oxygens (including phenoxy) is 2. The van der Waals surface area contributed by atoms with Crippen molar-refractivity contribution in [3.8, 4) is 0 Å². The molecule has 0 aromatic carbocycles. The maximum absolute atomic E-state index is 11.7. The van der Waals surface area contributed by atoms with Gasteiger partial charge in [0.1, 0.15) is 6.79 Å². The third-order valence-corrected chi connectivity index (χ3v) is 5.11. The Kier molecular flexibility index (Phi) is 13.7. The summed E-state index contributed by atoms with van der Waals surface area (Å²) in [4.78, 5) is 11.7. The lowest BCUT2D eigenvalue weighted by Crippen LogP contribution is -2.27. The highest BCUT2D eigenvalue weighted by molar-refractivity contribution is 7.99. The van der Waals surface area contributed by atoms with E-state index in [-0.39, 0.29) is 5.91 Å². The van der Waals surface area contributed by atoms with E-state index < -0.39 is 0 Å². The van der Waals surface area contributed by atoms with Gasteiger partial charge in [0.05, 0.1) is 6.61 Å². The summed E-state index contributed by atoms with van der Waals surface area (Å²) in [6, 6.07) is 0. The topological polar surface area (TPSA) is 47.6 Å². The largest absolute Gasteiger partial charge is 0.355 e. The van der Waals surface area contributed by atoms with Gasteiger partial charge in [0, 0.05) is 19.6 Å². The van der Waals surface area contributed by atoms with Crippen LogP contribution in [0.15, 0.2) is 0 Å². The Labute approximate surface area is 160 Å². The number of carbonyl (C=O) groups excluding carboxylic acids is 1. The number of carbonyl (C=O) groups is 1. The highest BCUT2D eigenvalue weighted by atomic mass is 32.2. The monoisotopic (exact) mass is 375 g/mol. The summed E-state index contributed by atoms with van der Waals surface area (Å²) >= 11 is 2.02. The van der Waals surface area contributed by atoms with Crippen molar-refractivity contribution >= 4 is 17.7 Å². The van der Waals surface area contributed by atoms with Gasteiger partial charge in [-0.25, -0.2) is 0 Å². The third kappa shape index (κ3) is 21.7. The van der Waals surface area contributed by atoms with Crippen LogP contribution in [0.3, 0.4) is 0 Å². The van der Waals surface area contributed by atoms with Crippen molar-refractivity contribution < 1.29 is 14.3 Å². The number of amides is 1. The second-order valence-corrected chi connectivity index (χ2v) is 10.1. The lowest BCUT2D eigenvalue weighted by Gasteiger charge is -2.17. The van der Waals surface area contributed by atoms with E-state index in [2.05, 4.69) is 46.9 Å². The highest BCUT2D eigenvalue weighted by Crippen LogP contribution is 2.21. The number of hydrogen-bond acceptors (Lipinski definition) is 4. The van der Waals surface area contributed by atoms with Crippen molar-refractivity contribution in [2.24, 2.45) is 10.8 Å². The van der Waals surface area contributed by atoms with E-state index in [1.165, 1.54) is 17.9 Å². The predicted octanol–water partition coefficient (Wildman–Crippen LogP) is 4.87. The summed E-state index contributed by atoms with van der Waals surface area (Å²) < 4.78 is 10.8. The van der Waals surface area contributed by atoms with E-state index in [1.807, 2.05) is 11.8 Å². The van der Waals surface area contributed by atoms with Gasteiger partial charge < -0.3 is 14.8 Å². The fourth-order valence-electron chi connectivity index (χ4n) is 1.95. The van der Waals surface area contributed by atoms with Crippen molar-refractivity contribution in [1.29, 1.82) is 0 Å². The minimum atomic E-state index is 0.125. The van der Waals surface area contributed by atoms with Crippen LogP contribution in [0, 0.1) is 10.8 Å². The standard InChI is InChI=1S/C20H41NO3S/c1-19(2,3)11-13-23-17-24-14-12-21-18(22)10-8-7-9-15-25-16-20(4,5)6/h7-17H2,1-6H3,(H,21,22). The van der Waals surface area contributed by atoms with Crippen molar-refractivity contribution in [2.45, 2.75) is 73.6 Å². The van der Waals surface area contributed by atoms with Crippen molar-refractivity contribution in [3.05, 3.63) is 0 Å². The Morgan fingerprint density at radius 3 is 2.24 bits per heavy atom. The van der Waals surface area contributed by atoms with E-state index >= 15 is 0 Å². The van der Waals surface area contributed by atoms with Crippen molar-refractivity contribution in [3.63, 3.8) is 0 Å². The molecule has 1 N–H and O–H groups in total. The molecule has 0 atom stereocenters. The van der Waals surface area contributed by atoms with Crippen LogP contribution in [-0.2, 0) is 14.3 Å². The Morgan fingerprint density at radius 2 is 1.60 bits per heavy atom. The molecule has 0 rings (SSSR count). The molecule has 1 amide bonds. The quantitative estimate of drug-likeness (QED) is 0.347. The predicted molar refractivity (Wildman–Crippen MR) is 109 cm³/mol. The van der Waals surface area contributed by atoms with Gasteiger partial charge in [-0.05, 0) is 41.6 Å². The van der Waals surface area contributed by atoms with E-state index in [0.29, 0.717) is 43.8 Å². The minimum Gasteiger partial charge on any atom is -0.355 e. The molecule has 5 heteroatoms. The number of unbranched alkanes of at least 4 members (excludes halogenated alkanes) is 2. The maximum atomic E-state index is 11.7. The van der Waals surface area contributed by atoms with Crippen LogP contribution in [-0.4, -0.2) is 44.0 Å². The smallest absolute Gasteiger partial charge is 0.220 e.